The average Bonchev–Trinajstić information content (AvgIpc) is 2.80. The van der Waals surface area contributed by atoms with Crippen molar-refractivity contribution >= 4 is 23.4 Å². The molecule has 1 N–H and O–H groups in total. The Kier molecular flexibility index (Phi) is 8.39. The van der Waals surface area contributed by atoms with E-state index in [1.807, 2.05) is 44.2 Å². The van der Waals surface area contributed by atoms with E-state index in [0.717, 1.165) is 30.1 Å². The highest BCUT2D eigenvalue weighted by atomic mass is 16.5. The molecule has 1 saturated heterocycles. The normalized spacial score (nSPS) is 14.4. The third kappa shape index (κ3) is 6.75. The maximum Gasteiger partial charge on any atom is 0.248 e. The van der Waals surface area contributed by atoms with Crippen LogP contribution in [0.15, 0.2) is 42.5 Å². The van der Waals surface area contributed by atoms with Gasteiger partial charge in [0.15, 0.2) is 0 Å². The zero-order chi connectivity index (χ0) is 23.8. The summed E-state index contributed by atoms with van der Waals surface area (Å²) in [5.74, 6) is 1.12. The Morgan fingerprint density at radius 1 is 1.03 bits per heavy atom. The highest BCUT2D eigenvalue weighted by molar-refractivity contribution is 6.03. The van der Waals surface area contributed by atoms with E-state index in [9.17, 15) is 4.79 Å². The van der Waals surface area contributed by atoms with Crippen LogP contribution in [0.4, 0.5) is 11.4 Å². The fourth-order valence-electron chi connectivity index (χ4n) is 3.68. The molecule has 1 heterocycles. The second-order valence-electron chi connectivity index (χ2n) is 8.98. The van der Waals surface area contributed by atoms with Gasteiger partial charge in [-0.15, -0.1) is 0 Å². The van der Waals surface area contributed by atoms with E-state index in [1.165, 1.54) is 11.6 Å². The Hall–Kier alpha value is -2.99. The smallest absolute Gasteiger partial charge is 0.248 e. The molecule has 0 spiro atoms. The van der Waals surface area contributed by atoms with Gasteiger partial charge in [-0.2, -0.15) is 0 Å². The third-order valence-corrected chi connectivity index (χ3v) is 5.47. The van der Waals surface area contributed by atoms with E-state index in [1.54, 1.807) is 0 Å². The van der Waals surface area contributed by atoms with Crippen LogP contribution in [0.2, 0.25) is 0 Å². The Bertz CT molecular complexity index is 955. The van der Waals surface area contributed by atoms with E-state index < -0.39 is 0 Å². The quantitative estimate of drug-likeness (QED) is 0.553. The minimum atomic E-state index is -0.225. The lowest BCUT2D eigenvalue weighted by molar-refractivity contribution is -0.111. The first-order valence-electron chi connectivity index (χ1n) is 11.7. The molecule has 0 radical (unpaired) electrons. The first kappa shape index (κ1) is 24.6. The van der Waals surface area contributed by atoms with Crippen molar-refractivity contribution in [1.29, 1.82) is 0 Å². The first-order valence-corrected chi connectivity index (χ1v) is 11.7. The minimum Gasteiger partial charge on any atom is -0.492 e. The summed E-state index contributed by atoms with van der Waals surface area (Å²) in [6, 6.07) is 12.1. The van der Waals surface area contributed by atoms with Crippen molar-refractivity contribution in [3.05, 3.63) is 53.6 Å². The molecule has 33 heavy (non-hydrogen) atoms. The number of nitrogens with one attached hydrogen (secondary N) is 1. The molecule has 6 heteroatoms. The van der Waals surface area contributed by atoms with Crippen LogP contribution < -0.4 is 19.7 Å². The van der Waals surface area contributed by atoms with Crippen LogP contribution in [-0.2, 0) is 14.9 Å². The zero-order valence-electron chi connectivity index (χ0n) is 20.4. The summed E-state index contributed by atoms with van der Waals surface area (Å²) in [5, 5.41) is 2.96. The van der Waals surface area contributed by atoms with E-state index >= 15 is 0 Å². The standard InChI is InChI=1S/C27H36N2O4/c1-6-32-24-19-23(29-14-16-31-17-15-29)25(33-7-2)18-22(24)28-26(30)13-10-20-8-11-21(12-9-20)27(3,4)5/h8-13,18-19H,6-7,14-17H2,1-5H3,(H,28,30). The summed E-state index contributed by atoms with van der Waals surface area (Å²) in [7, 11) is 0. The van der Waals surface area contributed by atoms with Crippen molar-refractivity contribution in [2.24, 2.45) is 0 Å². The maximum atomic E-state index is 12.7. The summed E-state index contributed by atoms with van der Waals surface area (Å²) in [5.41, 5.74) is 3.88. The molecule has 2 aromatic carbocycles. The monoisotopic (exact) mass is 452 g/mol. The van der Waals surface area contributed by atoms with Crippen LogP contribution >= 0.6 is 0 Å². The number of carbonyl (C=O) groups is 1. The van der Waals surface area contributed by atoms with Gasteiger partial charge in [-0.1, -0.05) is 45.0 Å². The fourth-order valence-corrected chi connectivity index (χ4v) is 3.68. The van der Waals surface area contributed by atoms with E-state index in [-0.39, 0.29) is 11.3 Å². The molecule has 1 amide bonds. The fraction of sp³-hybridized carbons (Fsp3) is 0.444. The molecular weight excluding hydrogens is 416 g/mol. The second kappa shape index (κ2) is 11.2. The lowest BCUT2D eigenvalue weighted by Gasteiger charge is -2.31. The average molecular weight is 453 g/mol. The number of anilines is 2. The lowest BCUT2D eigenvalue weighted by Crippen LogP contribution is -2.36. The molecule has 178 valence electrons. The SMILES string of the molecule is CCOc1cc(N2CCOCC2)c(OCC)cc1NC(=O)C=Cc1ccc(C(C)(C)C)cc1. The maximum absolute atomic E-state index is 12.7. The van der Waals surface area contributed by atoms with Crippen molar-refractivity contribution in [3.63, 3.8) is 0 Å². The van der Waals surface area contributed by atoms with Crippen molar-refractivity contribution in [3.8, 4) is 11.5 Å². The van der Waals surface area contributed by atoms with Gasteiger partial charge in [0.25, 0.3) is 0 Å². The number of ether oxygens (including phenoxy) is 3. The van der Waals surface area contributed by atoms with Gasteiger partial charge in [-0.25, -0.2) is 0 Å². The van der Waals surface area contributed by atoms with Gasteiger partial charge < -0.3 is 24.4 Å². The summed E-state index contributed by atoms with van der Waals surface area (Å²) >= 11 is 0. The number of morpholine rings is 1. The van der Waals surface area contributed by atoms with Crippen molar-refractivity contribution < 1.29 is 19.0 Å². The molecule has 1 aliphatic heterocycles. The van der Waals surface area contributed by atoms with Crippen LogP contribution in [0.5, 0.6) is 11.5 Å². The molecule has 0 bridgehead atoms. The number of benzene rings is 2. The third-order valence-electron chi connectivity index (χ3n) is 5.47. The molecule has 0 saturated carbocycles. The Balaban J connectivity index is 1.79. The summed E-state index contributed by atoms with van der Waals surface area (Å²) < 4.78 is 17.2. The van der Waals surface area contributed by atoms with Gasteiger partial charge in [0.05, 0.1) is 37.8 Å². The highest BCUT2D eigenvalue weighted by Crippen LogP contribution is 2.39. The van der Waals surface area contributed by atoms with Gasteiger partial charge >= 0.3 is 0 Å². The van der Waals surface area contributed by atoms with Gasteiger partial charge in [0, 0.05) is 31.3 Å². The Labute approximate surface area is 197 Å². The van der Waals surface area contributed by atoms with Crippen LogP contribution in [-0.4, -0.2) is 45.4 Å². The number of carbonyl (C=O) groups excluding carboxylic acids is 1. The molecule has 6 nitrogen and oxygen atoms in total. The first-order chi connectivity index (χ1) is 15.8. The Morgan fingerprint density at radius 2 is 1.67 bits per heavy atom. The van der Waals surface area contributed by atoms with E-state index in [2.05, 4.69) is 43.1 Å². The second-order valence-corrected chi connectivity index (χ2v) is 8.98. The molecule has 1 aliphatic rings. The largest absolute Gasteiger partial charge is 0.492 e. The number of hydrogen-bond acceptors (Lipinski definition) is 5. The van der Waals surface area contributed by atoms with E-state index in [4.69, 9.17) is 14.2 Å². The van der Waals surface area contributed by atoms with Gasteiger partial charge in [-0.3, -0.25) is 4.79 Å². The number of amides is 1. The topological polar surface area (TPSA) is 60.0 Å². The molecule has 2 aromatic rings. The predicted molar refractivity (Wildman–Crippen MR) is 135 cm³/mol. The number of hydrogen-bond donors (Lipinski definition) is 1. The summed E-state index contributed by atoms with van der Waals surface area (Å²) in [4.78, 5) is 14.9. The molecular formula is C27H36N2O4. The highest BCUT2D eigenvalue weighted by Gasteiger charge is 2.20. The molecule has 0 unspecified atom stereocenters. The van der Waals surface area contributed by atoms with E-state index in [0.29, 0.717) is 37.9 Å². The number of nitrogens with zero attached hydrogens (tertiary/aromatic N) is 1. The van der Waals surface area contributed by atoms with Crippen molar-refractivity contribution in [1.82, 2.24) is 0 Å². The van der Waals surface area contributed by atoms with Crippen LogP contribution in [0.25, 0.3) is 6.08 Å². The molecule has 0 atom stereocenters. The molecule has 3 rings (SSSR count). The van der Waals surface area contributed by atoms with Gasteiger partial charge in [0.1, 0.15) is 11.5 Å². The van der Waals surface area contributed by atoms with Crippen LogP contribution in [0.3, 0.4) is 0 Å². The molecule has 0 aliphatic carbocycles. The predicted octanol–water partition coefficient (Wildman–Crippen LogP) is 5.27. The van der Waals surface area contributed by atoms with Crippen molar-refractivity contribution in [2.45, 2.75) is 40.0 Å². The van der Waals surface area contributed by atoms with Crippen LogP contribution in [0.1, 0.15) is 45.7 Å². The molecule has 0 aromatic heterocycles. The Morgan fingerprint density at radius 3 is 2.27 bits per heavy atom. The zero-order valence-corrected chi connectivity index (χ0v) is 20.4. The summed E-state index contributed by atoms with van der Waals surface area (Å²) in [6.07, 6.45) is 3.35. The van der Waals surface area contributed by atoms with Gasteiger partial charge in [0.2, 0.25) is 5.91 Å². The van der Waals surface area contributed by atoms with Gasteiger partial charge in [-0.05, 0) is 36.5 Å². The van der Waals surface area contributed by atoms with Crippen molar-refractivity contribution in [2.75, 3.05) is 49.7 Å². The minimum absolute atomic E-state index is 0.0982. The lowest BCUT2D eigenvalue weighted by atomic mass is 9.87. The molecule has 1 fully saturated rings. The van der Waals surface area contributed by atoms with Crippen LogP contribution in [0, 0.1) is 0 Å². The number of rotatable bonds is 8. The summed E-state index contributed by atoms with van der Waals surface area (Å²) in [6.45, 7) is 14.4.